The maximum atomic E-state index is 13.2. The van der Waals surface area contributed by atoms with Crippen molar-refractivity contribution in [1.29, 1.82) is 0 Å². The zero-order valence-corrected chi connectivity index (χ0v) is 19.4. The van der Waals surface area contributed by atoms with Crippen molar-refractivity contribution in [1.82, 2.24) is 20.4 Å². The van der Waals surface area contributed by atoms with Gasteiger partial charge >= 0.3 is 6.03 Å². The molecule has 2 fully saturated rings. The van der Waals surface area contributed by atoms with Gasteiger partial charge in [-0.3, -0.25) is 9.59 Å². The summed E-state index contributed by atoms with van der Waals surface area (Å²) in [6.45, 7) is 9.66. The number of urea groups is 1. The first-order valence-electron chi connectivity index (χ1n) is 12.0. The first-order valence-corrected chi connectivity index (χ1v) is 12.0. The maximum absolute atomic E-state index is 13.2. The van der Waals surface area contributed by atoms with Crippen LogP contribution in [0.5, 0.6) is 0 Å². The molecule has 2 rings (SSSR count). The normalized spacial score (nSPS) is 22.3. The molecule has 3 atom stereocenters. The van der Waals surface area contributed by atoms with Crippen molar-refractivity contribution in [2.24, 2.45) is 5.92 Å². The van der Waals surface area contributed by atoms with Gasteiger partial charge in [0.1, 0.15) is 6.04 Å². The number of hydrogen-bond acceptors (Lipinski definition) is 3. The maximum Gasteiger partial charge on any atom is 0.317 e. The number of nitrogens with zero attached hydrogens (tertiary/aromatic N) is 2. The average molecular weight is 423 g/mol. The minimum atomic E-state index is -0.492. The summed E-state index contributed by atoms with van der Waals surface area (Å²) in [5.74, 6) is 0.00782. The number of rotatable bonds is 8. The van der Waals surface area contributed by atoms with E-state index in [0.717, 1.165) is 32.1 Å². The molecule has 1 heterocycles. The lowest BCUT2D eigenvalue weighted by molar-refractivity contribution is -0.140. The molecule has 0 aromatic carbocycles. The Kier molecular flexibility index (Phi) is 9.92. The van der Waals surface area contributed by atoms with Crippen molar-refractivity contribution in [3.8, 4) is 0 Å². The van der Waals surface area contributed by atoms with Gasteiger partial charge in [-0.2, -0.15) is 0 Å². The van der Waals surface area contributed by atoms with Gasteiger partial charge in [0.15, 0.2) is 0 Å². The number of piperazine rings is 1. The zero-order valence-electron chi connectivity index (χ0n) is 19.4. The number of carbonyl (C=O) groups excluding carboxylic acids is 3. The van der Waals surface area contributed by atoms with Crippen LogP contribution in [-0.4, -0.2) is 65.4 Å². The Hall–Kier alpha value is -1.79. The van der Waals surface area contributed by atoms with Crippen LogP contribution in [0.3, 0.4) is 0 Å². The fourth-order valence-electron chi connectivity index (χ4n) is 4.43. The minimum absolute atomic E-state index is 0.00663. The van der Waals surface area contributed by atoms with E-state index in [4.69, 9.17) is 0 Å². The predicted molar refractivity (Wildman–Crippen MR) is 119 cm³/mol. The Labute approximate surface area is 182 Å². The van der Waals surface area contributed by atoms with Crippen LogP contribution in [0.15, 0.2) is 0 Å². The Bertz CT molecular complexity index is 577. The van der Waals surface area contributed by atoms with Gasteiger partial charge in [-0.05, 0) is 32.1 Å². The standard InChI is InChI=1S/C23H42N4O3/c1-5-7-13-20(28)25-21(17(3)6-2)22(29)26-14-15-27(18(4)16-26)23(30)24-19-11-9-8-10-12-19/h17-19,21H,5-16H2,1-4H3,(H,24,30)(H,25,28). The van der Waals surface area contributed by atoms with Crippen molar-refractivity contribution in [2.45, 2.75) is 104 Å². The molecule has 7 nitrogen and oxygen atoms in total. The van der Waals surface area contributed by atoms with Crippen LogP contribution >= 0.6 is 0 Å². The van der Waals surface area contributed by atoms with Crippen LogP contribution in [0.4, 0.5) is 4.79 Å². The third kappa shape index (κ3) is 6.88. The third-order valence-corrected chi connectivity index (χ3v) is 6.69. The molecule has 0 radical (unpaired) electrons. The lowest BCUT2D eigenvalue weighted by Crippen LogP contribution is -2.61. The van der Waals surface area contributed by atoms with Crippen molar-refractivity contribution in [3.05, 3.63) is 0 Å². The second-order valence-electron chi connectivity index (χ2n) is 9.15. The van der Waals surface area contributed by atoms with E-state index in [1.807, 2.05) is 30.6 Å². The summed E-state index contributed by atoms with van der Waals surface area (Å²) >= 11 is 0. The summed E-state index contributed by atoms with van der Waals surface area (Å²) in [5.41, 5.74) is 0. The van der Waals surface area contributed by atoms with Gasteiger partial charge < -0.3 is 20.4 Å². The Morgan fingerprint density at radius 3 is 2.37 bits per heavy atom. The molecule has 30 heavy (non-hydrogen) atoms. The third-order valence-electron chi connectivity index (χ3n) is 6.69. The van der Waals surface area contributed by atoms with E-state index in [1.54, 1.807) is 0 Å². The molecular formula is C23H42N4O3. The Morgan fingerprint density at radius 2 is 1.77 bits per heavy atom. The molecule has 2 aliphatic rings. The number of nitrogens with one attached hydrogen (secondary N) is 2. The smallest absolute Gasteiger partial charge is 0.317 e. The van der Waals surface area contributed by atoms with E-state index in [1.165, 1.54) is 19.3 Å². The summed E-state index contributed by atoms with van der Waals surface area (Å²) in [6.07, 6.45) is 8.83. The van der Waals surface area contributed by atoms with Gasteiger partial charge in [0.25, 0.3) is 0 Å². The van der Waals surface area contributed by atoms with Crippen LogP contribution in [0, 0.1) is 5.92 Å². The van der Waals surface area contributed by atoms with Crippen LogP contribution in [0.1, 0.15) is 85.5 Å². The number of carbonyl (C=O) groups is 3. The molecule has 1 saturated heterocycles. The Balaban J connectivity index is 1.92. The molecule has 0 aromatic rings. The first kappa shape index (κ1) is 24.5. The highest BCUT2D eigenvalue weighted by Gasteiger charge is 2.35. The minimum Gasteiger partial charge on any atom is -0.344 e. The molecule has 1 saturated carbocycles. The zero-order chi connectivity index (χ0) is 22.1. The molecule has 0 spiro atoms. The monoisotopic (exact) mass is 422 g/mol. The van der Waals surface area contributed by atoms with E-state index in [-0.39, 0.29) is 35.8 Å². The summed E-state index contributed by atoms with van der Waals surface area (Å²) in [6, 6.07) is -0.257. The predicted octanol–water partition coefficient (Wildman–Crippen LogP) is 3.28. The number of hydrogen-bond donors (Lipinski definition) is 2. The quantitative estimate of drug-likeness (QED) is 0.630. The molecule has 7 heteroatoms. The van der Waals surface area contributed by atoms with Gasteiger partial charge in [-0.1, -0.05) is 52.9 Å². The van der Waals surface area contributed by atoms with Gasteiger partial charge in [0.2, 0.25) is 11.8 Å². The first-order chi connectivity index (χ1) is 14.4. The Morgan fingerprint density at radius 1 is 1.07 bits per heavy atom. The molecule has 0 aromatic heterocycles. The van der Waals surface area contributed by atoms with Crippen LogP contribution in [0.25, 0.3) is 0 Å². The second-order valence-corrected chi connectivity index (χ2v) is 9.15. The van der Waals surface area contributed by atoms with Gasteiger partial charge in [-0.25, -0.2) is 4.79 Å². The molecule has 4 amide bonds. The molecule has 1 aliphatic carbocycles. The summed E-state index contributed by atoms with van der Waals surface area (Å²) in [5, 5.41) is 6.16. The average Bonchev–Trinajstić information content (AvgIpc) is 2.75. The molecule has 3 unspecified atom stereocenters. The van der Waals surface area contributed by atoms with Crippen molar-refractivity contribution < 1.29 is 14.4 Å². The largest absolute Gasteiger partial charge is 0.344 e. The fourth-order valence-corrected chi connectivity index (χ4v) is 4.43. The van der Waals surface area contributed by atoms with Crippen molar-refractivity contribution in [2.75, 3.05) is 19.6 Å². The molecular weight excluding hydrogens is 380 g/mol. The summed E-state index contributed by atoms with van der Waals surface area (Å²) in [7, 11) is 0. The van der Waals surface area contributed by atoms with Gasteiger partial charge in [0.05, 0.1) is 0 Å². The van der Waals surface area contributed by atoms with E-state index < -0.39 is 6.04 Å². The molecule has 172 valence electrons. The number of amides is 4. The van der Waals surface area contributed by atoms with E-state index in [2.05, 4.69) is 17.6 Å². The lowest BCUT2D eigenvalue weighted by Gasteiger charge is -2.42. The van der Waals surface area contributed by atoms with E-state index in [0.29, 0.717) is 26.1 Å². The van der Waals surface area contributed by atoms with Crippen LogP contribution in [0.2, 0.25) is 0 Å². The topological polar surface area (TPSA) is 81.8 Å². The SMILES string of the molecule is CCCCC(=O)NC(C(=O)N1CCN(C(=O)NC2CCCCC2)C(C)C1)C(C)CC. The van der Waals surface area contributed by atoms with Gasteiger partial charge in [0, 0.05) is 38.1 Å². The van der Waals surface area contributed by atoms with Crippen molar-refractivity contribution in [3.63, 3.8) is 0 Å². The fraction of sp³-hybridized carbons (Fsp3) is 0.870. The summed E-state index contributed by atoms with van der Waals surface area (Å²) in [4.78, 5) is 41.9. The molecule has 2 N–H and O–H groups in total. The highest BCUT2D eigenvalue weighted by molar-refractivity contribution is 5.88. The van der Waals surface area contributed by atoms with Gasteiger partial charge in [-0.15, -0.1) is 0 Å². The van der Waals surface area contributed by atoms with E-state index in [9.17, 15) is 14.4 Å². The molecule has 0 bridgehead atoms. The van der Waals surface area contributed by atoms with Crippen LogP contribution in [-0.2, 0) is 9.59 Å². The molecule has 1 aliphatic heterocycles. The number of unbranched alkanes of at least 4 members (excludes halogenated alkanes) is 1. The summed E-state index contributed by atoms with van der Waals surface area (Å²) < 4.78 is 0. The lowest BCUT2D eigenvalue weighted by atomic mass is 9.95. The van der Waals surface area contributed by atoms with Crippen molar-refractivity contribution >= 4 is 17.8 Å². The highest BCUT2D eigenvalue weighted by Crippen LogP contribution is 2.19. The van der Waals surface area contributed by atoms with Crippen LogP contribution < -0.4 is 10.6 Å². The highest BCUT2D eigenvalue weighted by atomic mass is 16.2. The van der Waals surface area contributed by atoms with E-state index >= 15 is 0 Å². The second kappa shape index (κ2) is 12.2.